The molecule has 0 radical (unpaired) electrons. The van der Waals surface area contributed by atoms with Gasteiger partial charge in [-0.15, -0.1) is 0 Å². The highest BCUT2D eigenvalue weighted by Crippen LogP contribution is 2.39. The zero-order valence-electron chi connectivity index (χ0n) is 18.8. The van der Waals surface area contributed by atoms with Gasteiger partial charge in [0.1, 0.15) is 12.4 Å². The second-order valence-electron chi connectivity index (χ2n) is 7.33. The lowest BCUT2D eigenvalue weighted by molar-refractivity contribution is -0.123. The number of rotatable bonds is 8. The monoisotopic (exact) mass is 513 g/mol. The summed E-state index contributed by atoms with van der Waals surface area (Å²) in [4.78, 5) is 38.2. The van der Waals surface area contributed by atoms with Crippen molar-refractivity contribution < 1.29 is 33.0 Å². The van der Waals surface area contributed by atoms with Gasteiger partial charge in [-0.1, -0.05) is 41.9 Å². The molecular weight excluding hydrogens is 494 g/mol. The molecule has 0 N–H and O–H groups in total. The summed E-state index contributed by atoms with van der Waals surface area (Å²) in [6.45, 7) is 0.189. The van der Waals surface area contributed by atoms with Crippen molar-refractivity contribution in [2.24, 2.45) is 0 Å². The van der Waals surface area contributed by atoms with Crippen LogP contribution in [0.15, 0.2) is 63.9 Å². The van der Waals surface area contributed by atoms with Crippen molar-refractivity contribution in [2.75, 3.05) is 14.2 Å². The quantitative estimate of drug-likeness (QED) is 0.286. The molecule has 10 heteroatoms. The third kappa shape index (κ3) is 5.52. The van der Waals surface area contributed by atoms with Crippen LogP contribution in [0.5, 0.6) is 11.5 Å². The van der Waals surface area contributed by atoms with Crippen LogP contribution in [-0.2, 0) is 22.7 Å². The molecule has 1 aliphatic heterocycles. The zero-order valence-corrected chi connectivity index (χ0v) is 20.4. The van der Waals surface area contributed by atoms with E-state index in [2.05, 4.69) is 4.74 Å². The lowest BCUT2D eigenvalue weighted by Gasteiger charge is -2.13. The van der Waals surface area contributed by atoms with E-state index in [9.17, 15) is 14.4 Å². The Balaban J connectivity index is 1.51. The van der Waals surface area contributed by atoms with Crippen LogP contribution in [0.25, 0.3) is 6.08 Å². The van der Waals surface area contributed by atoms with Gasteiger partial charge in [0.25, 0.3) is 11.1 Å². The molecule has 0 spiro atoms. The number of thioether (sulfide) groups is 1. The molecule has 0 unspecified atom stereocenters. The van der Waals surface area contributed by atoms with E-state index in [1.807, 2.05) is 30.3 Å². The smallest absolute Gasteiger partial charge is 0.373 e. The Kier molecular flexibility index (Phi) is 7.48. The van der Waals surface area contributed by atoms with Gasteiger partial charge in [-0.3, -0.25) is 14.5 Å². The van der Waals surface area contributed by atoms with E-state index in [-0.39, 0.29) is 23.0 Å². The fourth-order valence-corrected chi connectivity index (χ4v) is 4.42. The maximum Gasteiger partial charge on any atom is 0.373 e. The van der Waals surface area contributed by atoms with Crippen LogP contribution in [0.2, 0.25) is 5.02 Å². The fourth-order valence-electron chi connectivity index (χ4n) is 3.31. The van der Waals surface area contributed by atoms with E-state index in [0.717, 1.165) is 22.2 Å². The van der Waals surface area contributed by atoms with Gasteiger partial charge < -0.3 is 18.6 Å². The minimum Gasteiger partial charge on any atom is -0.493 e. The first-order valence-electron chi connectivity index (χ1n) is 10.4. The molecule has 0 aliphatic carbocycles. The third-order valence-corrected chi connectivity index (χ3v) is 6.20. The Hall–Kier alpha value is -3.69. The molecule has 180 valence electrons. The van der Waals surface area contributed by atoms with Crippen molar-refractivity contribution in [1.82, 2.24) is 4.90 Å². The largest absolute Gasteiger partial charge is 0.493 e. The van der Waals surface area contributed by atoms with Crippen LogP contribution in [0.3, 0.4) is 0 Å². The number of hydrogen-bond acceptors (Lipinski definition) is 8. The number of amides is 2. The molecule has 1 aliphatic rings. The van der Waals surface area contributed by atoms with Gasteiger partial charge in [0.05, 0.1) is 30.7 Å². The van der Waals surface area contributed by atoms with Crippen LogP contribution in [0, 0.1) is 0 Å². The number of methoxy groups -OCH3 is 2. The molecule has 4 rings (SSSR count). The SMILES string of the molecule is COC(=O)c1ccc(CN2C(=O)S/C(=C/c3cc(Cl)c(OCc4ccccc4)c(OC)c3)C2=O)o1. The molecule has 2 heterocycles. The summed E-state index contributed by atoms with van der Waals surface area (Å²) in [6, 6.07) is 15.9. The molecule has 0 bridgehead atoms. The maximum absolute atomic E-state index is 12.9. The van der Waals surface area contributed by atoms with E-state index in [1.54, 1.807) is 18.2 Å². The van der Waals surface area contributed by atoms with Gasteiger partial charge in [-0.25, -0.2) is 4.79 Å². The predicted molar refractivity (Wildman–Crippen MR) is 130 cm³/mol. The zero-order chi connectivity index (χ0) is 24.9. The Morgan fingerprint density at radius 3 is 2.60 bits per heavy atom. The first-order chi connectivity index (χ1) is 16.9. The van der Waals surface area contributed by atoms with E-state index in [1.165, 1.54) is 26.4 Å². The number of imide groups is 1. The minimum atomic E-state index is -0.646. The van der Waals surface area contributed by atoms with Crippen LogP contribution in [0.4, 0.5) is 4.79 Å². The molecule has 0 saturated carbocycles. The summed E-state index contributed by atoms with van der Waals surface area (Å²) in [6.07, 6.45) is 1.56. The summed E-state index contributed by atoms with van der Waals surface area (Å²) in [5, 5.41) is -0.158. The summed E-state index contributed by atoms with van der Waals surface area (Å²) in [5.74, 6) is -0.102. The van der Waals surface area contributed by atoms with Crippen LogP contribution in [-0.4, -0.2) is 36.2 Å². The molecule has 3 aromatic rings. The summed E-state index contributed by atoms with van der Waals surface area (Å²) in [7, 11) is 2.72. The van der Waals surface area contributed by atoms with Crippen molar-refractivity contribution in [3.05, 3.63) is 87.2 Å². The second-order valence-corrected chi connectivity index (χ2v) is 8.73. The number of carbonyl (C=O) groups is 3. The molecule has 35 heavy (non-hydrogen) atoms. The normalized spacial score (nSPS) is 14.5. The second kappa shape index (κ2) is 10.7. The van der Waals surface area contributed by atoms with Crippen LogP contribution in [0.1, 0.15) is 27.4 Å². The van der Waals surface area contributed by atoms with Gasteiger partial charge in [0.2, 0.25) is 5.76 Å². The van der Waals surface area contributed by atoms with Gasteiger partial charge in [-0.2, -0.15) is 0 Å². The van der Waals surface area contributed by atoms with E-state index >= 15 is 0 Å². The minimum absolute atomic E-state index is 0.0127. The molecule has 8 nitrogen and oxygen atoms in total. The number of ether oxygens (including phenoxy) is 3. The Labute approximate surface area is 210 Å². The highest BCUT2D eigenvalue weighted by molar-refractivity contribution is 8.18. The Morgan fingerprint density at radius 1 is 1.11 bits per heavy atom. The molecule has 2 amide bonds. The number of carbonyl (C=O) groups excluding carboxylic acids is 3. The maximum atomic E-state index is 12.9. The molecule has 1 fully saturated rings. The molecule has 1 saturated heterocycles. The number of furan rings is 1. The number of halogens is 1. The Morgan fingerprint density at radius 2 is 1.89 bits per heavy atom. The average Bonchev–Trinajstić information content (AvgIpc) is 3.43. The van der Waals surface area contributed by atoms with Crippen LogP contribution < -0.4 is 9.47 Å². The molecule has 0 atom stereocenters. The summed E-state index contributed by atoms with van der Waals surface area (Å²) >= 11 is 7.25. The third-order valence-electron chi connectivity index (χ3n) is 5.01. The van der Waals surface area contributed by atoms with E-state index in [0.29, 0.717) is 28.7 Å². The fraction of sp³-hybridized carbons (Fsp3) is 0.160. The molecular formula is C25H20ClNO7S. The first kappa shape index (κ1) is 24.4. The van der Waals surface area contributed by atoms with Crippen molar-refractivity contribution in [3.63, 3.8) is 0 Å². The molecule has 2 aromatic carbocycles. The first-order valence-corrected chi connectivity index (χ1v) is 11.6. The highest BCUT2D eigenvalue weighted by atomic mass is 35.5. The van der Waals surface area contributed by atoms with E-state index < -0.39 is 17.1 Å². The average molecular weight is 514 g/mol. The van der Waals surface area contributed by atoms with Crippen LogP contribution >= 0.6 is 23.4 Å². The number of hydrogen-bond donors (Lipinski definition) is 0. The summed E-state index contributed by atoms with van der Waals surface area (Å²) in [5.41, 5.74) is 1.54. The summed E-state index contributed by atoms with van der Waals surface area (Å²) < 4.78 is 21.3. The molecule has 1 aromatic heterocycles. The lowest BCUT2D eigenvalue weighted by atomic mass is 10.1. The number of esters is 1. The van der Waals surface area contributed by atoms with Crippen molar-refractivity contribution in [1.29, 1.82) is 0 Å². The van der Waals surface area contributed by atoms with E-state index in [4.69, 9.17) is 25.5 Å². The predicted octanol–water partition coefficient (Wildman–Crippen LogP) is 5.54. The Bertz CT molecular complexity index is 1300. The van der Waals surface area contributed by atoms with Crippen molar-refractivity contribution in [2.45, 2.75) is 13.2 Å². The number of nitrogens with zero attached hydrogens (tertiary/aromatic N) is 1. The van der Waals surface area contributed by atoms with Gasteiger partial charge in [0, 0.05) is 0 Å². The lowest BCUT2D eigenvalue weighted by Crippen LogP contribution is -2.27. The topological polar surface area (TPSA) is 95.3 Å². The van der Waals surface area contributed by atoms with Crippen molar-refractivity contribution in [3.8, 4) is 11.5 Å². The van der Waals surface area contributed by atoms with Gasteiger partial charge in [0.15, 0.2) is 11.5 Å². The standard InChI is InChI=1S/C25H20ClNO7S/c1-31-20-11-16(10-18(26)22(20)33-14-15-6-4-3-5-7-15)12-21-23(28)27(25(30)35-21)13-17-8-9-19(34-17)24(29)32-2/h3-12H,13-14H2,1-2H3/b21-12+. The van der Waals surface area contributed by atoms with Gasteiger partial charge in [-0.05, 0) is 53.2 Å². The highest BCUT2D eigenvalue weighted by Gasteiger charge is 2.36. The van der Waals surface area contributed by atoms with Crippen molar-refractivity contribution >= 4 is 46.6 Å². The van der Waals surface area contributed by atoms with Gasteiger partial charge >= 0.3 is 5.97 Å². The number of benzene rings is 2.